The Morgan fingerprint density at radius 1 is 1.18 bits per heavy atom. The third kappa shape index (κ3) is 3.28. The molecule has 2 saturated heterocycles. The van der Waals surface area contributed by atoms with Crippen molar-refractivity contribution in [1.29, 1.82) is 0 Å². The first-order valence-electron chi connectivity index (χ1n) is 6.73. The van der Waals surface area contributed by atoms with Crippen LogP contribution in [0, 0.1) is 5.92 Å². The molecule has 4 nitrogen and oxygen atoms in total. The Labute approximate surface area is 103 Å². The summed E-state index contributed by atoms with van der Waals surface area (Å²) >= 11 is 0. The van der Waals surface area contributed by atoms with Gasteiger partial charge in [-0.05, 0) is 45.1 Å². The van der Waals surface area contributed by atoms with E-state index < -0.39 is 0 Å². The van der Waals surface area contributed by atoms with Crippen LogP contribution in [0.25, 0.3) is 0 Å². The van der Waals surface area contributed by atoms with Crippen LogP contribution in [0.15, 0.2) is 0 Å². The first kappa shape index (κ1) is 12.6. The van der Waals surface area contributed by atoms with E-state index in [9.17, 15) is 9.59 Å². The summed E-state index contributed by atoms with van der Waals surface area (Å²) in [4.78, 5) is 25.2. The molecule has 0 aromatic heterocycles. The van der Waals surface area contributed by atoms with Crippen molar-refractivity contribution in [2.45, 2.75) is 51.5 Å². The number of hydrogen-bond donors (Lipinski definition) is 1. The highest BCUT2D eigenvalue weighted by Gasteiger charge is 2.28. The van der Waals surface area contributed by atoms with Crippen LogP contribution < -0.4 is 5.32 Å². The van der Waals surface area contributed by atoms with Gasteiger partial charge in [0, 0.05) is 25.4 Å². The minimum Gasteiger partial charge on any atom is -0.314 e. The molecule has 2 atom stereocenters. The van der Waals surface area contributed by atoms with Gasteiger partial charge in [0.2, 0.25) is 11.8 Å². The third-order valence-electron chi connectivity index (χ3n) is 3.84. The average molecular weight is 238 g/mol. The number of amides is 2. The smallest absolute Gasteiger partial charge is 0.229 e. The SMILES string of the molecule is CC1CCC(CN2C(=O)CCCCC2=O)CN1. The van der Waals surface area contributed by atoms with E-state index in [4.69, 9.17) is 0 Å². The lowest BCUT2D eigenvalue weighted by atomic mass is 9.95. The second kappa shape index (κ2) is 5.63. The Morgan fingerprint density at radius 3 is 2.35 bits per heavy atom. The van der Waals surface area contributed by atoms with E-state index in [1.54, 1.807) is 0 Å². The number of rotatable bonds is 2. The molecule has 0 aromatic rings. The first-order valence-corrected chi connectivity index (χ1v) is 6.73. The van der Waals surface area contributed by atoms with Crippen LogP contribution in [0.5, 0.6) is 0 Å². The number of imide groups is 1. The predicted octanol–water partition coefficient (Wildman–Crippen LogP) is 1.30. The number of piperidine rings is 1. The molecule has 2 amide bonds. The zero-order chi connectivity index (χ0) is 12.3. The molecule has 0 spiro atoms. The summed E-state index contributed by atoms with van der Waals surface area (Å²) in [5, 5.41) is 3.42. The number of carbonyl (C=O) groups is 2. The molecule has 0 bridgehead atoms. The largest absolute Gasteiger partial charge is 0.314 e. The molecule has 1 N–H and O–H groups in total. The molecule has 0 radical (unpaired) electrons. The fourth-order valence-electron chi connectivity index (χ4n) is 2.64. The maximum atomic E-state index is 11.8. The van der Waals surface area contributed by atoms with E-state index in [1.165, 1.54) is 4.90 Å². The molecule has 17 heavy (non-hydrogen) atoms. The number of likely N-dealkylation sites (tertiary alicyclic amines) is 1. The third-order valence-corrected chi connectivity index (χ3v) is 3.84. The van der Waals surface area contributed by atoms with Gasteiger partial charge in [-0.1, -0.05) is 0 Å². The van der Waals surface area contributed by atoms with Crippen molar-refractivity contribution >= 4 is 11.8 Å². The van der Waals surface area contributed by atoms with Crippen LogP contribution in [0.4, 0.5) is 0 Å². The van der Waals surface area contributed by atoms with Crippen molar-refractivity contribution in [3.63, 3.8) is 0 Å². The zero-order valence-electron chi connectivity index (χ0n) is 10.6. The Hall–Kier alpha value is -0.900. The molecule has 2 aliphatic rings. The summed E-state index contributed by atoms with van der Waals surface area (Å²) in [5.41, 5.74) is 0. The minimum absolute atomic E-state index is 0.0334. The van der Waals surface area contributed by atoms with Crippen molar-refractivity contribution in [2.24, 2.45) is 5.92 Å². The molecule has 0 aliphatic carbocycles. The zero-order valence-corrected chi connectivity index (χ0v) is 10.6. The van der Waals surface area contributed by atoms with E-state index in [0.717, 1.165) is 32.2 Å². The van der Waals surface area contributed by atoms with E-state index in [-0.39, 0.29) is 11.8 Å². The molecule has 96 valence electrons. The van der Waals surface area contributed by atoms with Crippen LogP contribution in [0.2, 0.25) is 0 Å². The second-order valence-corrected chi connectivity index (χ2v) is 5.36. The minimum atomic E-state index is 0.0334. The highest BCUT2D eigenvalue weighted by Crippen LogP contribution is 2.19. The lowest BCUT2D eigenvalue weighted by molar-refractivity contribution is -0.144. The van der Waals surface area contributed by atoms with Gasteiger partial charge in [0.1, 0.15) is 0 Å². The highest BCUT2D eigenvalue weighted by atomic mass is 16.2. The summed E-state index contributed by atoms with van der Waals surface area (Å²) < 4.78 is 0. The molecular weight excluding hydrogens is 216 g/mol. The summed E-state index contributed by atoms with van der Waals surface area (Å²) in [5.74, 6) is 0.509. The molecule has 4 heteroatoms. The van der Waals surface area contributed by atoms with Crippen molar-refractivity contribution in [1.82, 2.24) is 10.2 Å². The lowest BCUT2D eigenvalue weighted by Crippen LogP contribution is -2.45. The van der Waals surface area contributed by atoms with Gasteiger partial charge in [0.25, 0.3) is 0 Å². The van der Waals surface area contributed by atoms with Crippen LogP contribution in [-0.4, -0.2) is 35.8 Å². The fourth-order valence-corrected chi connectivity index (χ4v) is 2.64. The summed E-state index contributed by atoms with van der Waals surface area (Å²) in [6, 6.07) is 0.571. The number of carbonyl (C=O) groups excluding carboxylic acids is 2. The quantitative estimate of drug-likeness (QED) is 0.738. The number of nitrogens with one attached hydrogen (secondary N) is 1. The normalized spacial score (nSPS) is 31.5. The predicted molar refractivity (Wildman–Crippen MR) is 65.4 cm³/mol. The van der Waals surface area contributed by atoms with Gasteiger partial charge in [-0.2, -0.15) is 0 Å². The van der Waals surface area contributed by atoms with Gasteiger partial charge in [0.05, 0.1) is 0 Å². The topological polar surface area (TPSA) is 49.4 Å². The van der Waals surface area contributed by atoms with Crippen LogP contribution >= 0.6 is 0 Å². The van der Waals surface area contributed by atoms with Gasteiger partial charge < -0.3 is 5.32 Å². The van der Waals surface area contributed by atoms with Crippen LogP contribution in [-0.2, 0) is 9.59 Å². The van der Waals surface area contributed by atoms with Gasteiger partial charge in [-0.25, -0.2) is 0 Å². The average Bonchev–Trinajstić information content (AvgIpc) is 2.47. The molecule has 2 fully saturated rings. The van der Waals surface area contributed by atoms with Crippen molar-refractivity contribution in [3.05, 3.63) is 0 Å². The summed E-state index contributed by atoms with van der Waals surface area (Å²) in [6.07, 6.45) is 5.07. The second-order valence-electron chi connectivity index (χ2n) is 5.36. The molecule has 2 aliphatic heterocycles. The molecule has 2 heterocycles. The highest BCUT2D eigenvalue weighted by molar-refractivity contribution is 5.96. The molecule has 2 rings (SSSR count). The van der Waals surface area contributed by atoms with E-state index in [2.05, 4.69) is 12.2 Å². The van der Waals surface area contributed by atoms with Crippen LogP contribution in [0.1, 0.15) is 45.4 Å². The Kier molecular flexibility index (Phi) is 4.15. The molecule has 2 unspecified atom stereocenters. The van der Waals surface area contributed by atoms with Crippen molar-refractivity contribution in [3.8, 4) is 0 Å². The summed E-state index contributed by atoms with van der Waals surface area (Å²) in [7, 11) is 0. The monoisotopic (exact) mass is 238 g/mol. The molecular formula is C13H22N2O2. The maximum absolute atomic E-state index is 11.8. The Balaban J connectivity index is 1.91. The summed E-state index contributed by atoms with van der Waals surface area (Å²) in [6.45, 7) is 3.73. The van der Waals surface area contributed by atoms with Gasteiger partial charge >= 0.3 is 0 Å². The van der Waals surface area contributed by atoms with E-state index >= 15 is 0 Å². The van der Waals surface area contributed by atoms with Gasteiger partial charge in [0.15, 0.2) is 0 Å². The molecule has 0 saturated carbocycles. The fraction of sp³-hybridized carbons (Fsp3) is 0.846. The van der Waals surface area contributed by atoms with Gasteiger partial charge in [-0.15, -0.1) is 0 Å². The first-order chi connectivity index (χ1) is 8.16. The maximum Gasteiger partial charge on any atom is 0.229 e. The Bertz CT molecular complexity index is 278. The van der Waals surface area contributed by atoms with Gasteiger partial charge in [-0.3, -0.25) is 14.5 Å². The lowest BCUT2D eigenvalue weighted by Gasteiger charge is -2.31. The van der Waals surface area contributed by atoms with E-state index in [0.29, 0.717) is 31.3 Å². The van der Waals surface area contributed by atoms with Crippen LogP contribution in [0.3, 0.4) is 0 Å². The number of nitrogens with zero attached hydrogens (tertiary/aromatic N) is 1. The van der Waals surface area contributed by atoms with E-state index in [1.807, 2.05) is 0 Å². The standard InChI is InChI=1S/C13H22N2O2/c1-10-6-7-11(8-14-10)9-15-12(16)4-2-3-5-13(15)17/h10-11,14H,2-9H2,1H3. The molecule has 0 aromatic carbocycles. The Morgan fingerprint density at radius 2 is 1.82 bits per heavy atom. The van der Waals surface area contributed by atoms with Crippen molar-refractivity contribution in [2.75, 3.05) is 13.1 Å². The number of hydrogen-bond acceptors (Lipinski definition) is 3. The van der Waals surface area contributed by atoms with Crippen molar-refractivity contribution < 1.29 is 9.59 Å².